The molecule has 0 aromatic heterocycles. The third-order valence-electron chi connectivity index (χ3n) is 7.12. The number of allylic oxidation sites excluding steroid dienone is 4. The van der Waals surface area contributed by atoms with Crippen LogP contribution in [0, 0.1) is 22.2 Å². The van der Waals surface area contributed by atoms with Crippen molar-refractivity contribution in [3.63, 3.8) is 0 Å². The van der Waals surface area contributed by atoms with Gasteiger partial charge in [0.2, 0.25) is 0 Å². The summed E-state index contributed by atoms with van der Waals surface area (Å²) < 4.78 is 0. The number of carbonyl (C=O) groups excluding carboxylic acids is 3. The fourth-order valence-corrected chi connectivity index (χ4v) is 4.32. The molecule has 0 bridgehead atoms. The van der Waals surface area contributed by atoms with Crippen LogP contribution in [0.2, 0.25) is 0 Å². The molecule has 3 heteroatoms. The molecule has 0 aromatic rings. The SMILES string of the molecule is CC/C=C\CC(=O)CC(C)(C)C.CC/C=C\CC(C)(C)C(=O)CC(C)(C)C.CCCCCCCCCCCC(=O)C(C)C. The summed E-state index contributed by atoms with van der Waals surface area (Å²) in [4.78, 5) is 34.7. The Hall–Kier alpha value is -1.51. The van der Waals surface area contributed by atoms with E-state index >= 15 is 0 Å². The molecule has 0 saturated heterocycles. The second kappa shape index (κ2) is 26.9. The van der Waals surface area contributed by atoms with Gasteiger partial charge in [0.25, 0.3) is 0 Å². The topological polar surface area (TPSA) is 51.2 Å². The highest BCUT2D eigenvalue weighted by Gasteiger charge is 2.29. The highest BCUT2D eigenvalue weighted by Crippen LogP contribution is 2.30. The summed E-state index contributed by atoms with van der Waals surface area (Å²) in [6, 6.07) is 0. The Morgan fingerprint density at radius 2 is 1.02 bits per heavy atom. The van der Waals surface area contributed by atoms with Crippen molar-refractivity contribution in [1.82, 2.24) is 0 Å². The predicted molar refractivity (Wildman–Crippen MR) is 192 cm³/mol. The molecule has 0 heterocycles. The molecule has 0 fully saturated rings. The maximum atomic E-state index is 12.0. The fourth-order valence-electron chi connectivity index (χ4n) is 4.32. The molecule has 0 unspecified atom stereocenters. The first-order valence-electron chi connectivity index (χ1n) is 17.7. The van der Waals surface area contributed by atoms with Crippen LogP contribution < -0.4 is 0 Å². The molecule has 254 valence electrons. The van der Waals surface area contributed by atoms with E-state index in [9.17, 15) is 14.4 Å². The van der Waals surface area contributed by atoms with E-state index in [0.717, 1.165) is 32.1 Å². The van der Waals surface area contributed by atoms with Gasteiger partial charge in [-0.2, -0.15) is 0 Å². The molecule has 43 heavy (non-hydrogen) atoms. The van der Waals surface area contributed by atoms with E-state index in [2.05, 4.69) is 74.5 Å². The van der Waals surface area contributed by atoms with Gasteiger partial charge in [0.1, 0.15) is 17.3 Å². The lowest BCUT2D eigenvalue weighted by Crippen LogP contribution is -2.27. The number of Topliss-reactive ketones (excluding diaryl/α,β-unsaturated/α-hetero) is 3. The zero-order valence-corrected chi connectivity index (χ0v) is 31.4. The first kappa shape index (κ1) is 45.9. The Kier molecular flexibility index (Phi) is 28.7. The maximum Gasteiger partial charge on any atom is 0.139 e. The molecule has 0 N–H and O–H groups in total. The third kappa shape index (κ3) is 36.6. The summed E-state index contributed by atoms with van der Waals surface area (Å²) in [6.45, 7) is 27.1. The van der Waals surface area contributed by atoms with Gasteiger partial charge in [-0.05, 0) is 36.5 Å². The van der Waals surface area contributed by atoms with Gasteiger partial charge >= 0.3 is 0 Å². The standard InChI is InChI=1S/C15H30O.C14H26O.C11H20O/c1-4-5-6-7-8-9-10-11-12-13-15(16)14(2)3;1-7-8-9-10-14(5,6)12(15)11-13(2,3)4;1-5-6-7-8-10(12)9-11(2,3)4/h14H,4-13H2,1-3H3;8-9H,7,10-11H2,1-6H3;6-7H,5,8-9H2,1-4H3/b;9-8-;7-6-. The summed E-state index contributed by atoms with van der Waals surface area (Å²) in [7, 11) is 0. The van der Waals surface area contributed by atoms with Crippen LogP contribution in [0.5, 0.6) is 0 Å². The zero-order valence-electron chi connectivity index (χ0n) is 31.4. The average molecular weight is 605 g/mol. The molecule has 0 atom stereocenters. The Morgan fingerprint density at radius 1 is 0.581 bits per heavy atom. The molecule has 0 aliphatic carbocycles. The lowest BCUT2D eigenvalue weighted by Gasteiger charge is -2.26. The summed E-state index contributed by atoms with van der Waals surface area (Å²) in [5.41, 5.74) is 0.0267. The van der Waals surface area contributed by atoms with Crippen molar-refractivity contribution >= 4 is 17.3 Å². The van der Waals surface area contributed by atoms with Crippen molar-refractivity contribution in [1.29, 1.82) is 0 Å². The summed E-state index contributed by atoms with van der Waals surface area (Å²) in [5.74, 6) is 1.37. The van der Waals surface area contributed by atoms with E-state index < -0.39 is 0 Å². The predicted octanol–water partition coefficient (Wildman–Crippen LogP) is 12.9. The minimum absolute atomic E-state index is 0.100. The van der Waals surface area contributed by atoms with Crippen molar-refractivity contribution in [2.45, 2.75) is 193 Å². The first-order chi connectivity index (χ1) is 19.8. The van der Waals surface area contributed by atoms with Gasteiger partial charge in [-0.1, -0.05) is 166 Å². The molecule has 0 saturated carbocycles. The molecule has 0 amide bonds. The van der Waals surface area contributed by atoms with Crippen molar-refractivity contribution in [2.24, 2.45) is 22.2 Å². The highest BCUT2D eigenvalue weighted by molar-refractivity contribution is 5.84. The van der Waals surface area contributed by atoms with Gasteiger partial charge in [-0.15, -0.1) is 0 Å². The summed E-state index contributed by atoms with van der Waals surface area (Å²) in [6.07, 6.45) is 25.9. The van der Waals surface area contributed by atoms with Crippen molar-refractivity contribution in [2.75, 3.05) is 0 Å². The molecular weight excluding hydrogens is 528 g/mol. The highest BCUT2D eigenvalue weighted by atomic mass is 16.1. The van der Waals surface area contributed by atoms with Gasteiger partial charge in [0.05, 0.1) is 0 Å². The summed E-state index contributed by atoms with van der Waals surface area (Å²) >= 11 is 0. The Balaban J connectivity index is -0.000000564. The summed E-state index contributed by atoms with van der Waals surface area (Å²) in [5, 5.41) is 0. The first-order valence-corrected chi connectivity index (χ1v) is 17.7. The molecule has 0 aromatic carbocycles. The van der Waals surface area contributed by atoms with E-state index in [-0.39, 0.29) is 22.2 Å². The van der Waals surface area contributed by atoms with Crippen molar-refractivity contribution in [3.8, 4) is 0 Å². The number of hydrogen-bond acceptors (Lipinski definition) is 3. The molecule has 0 aliphatic rings. The van der Waals surface area contributed by atoms with Crippen LogP contribution >= 0.6 is 0 Å². The molecule has 3 nitrogen and oxygen atoms in total. The fraction of sp³-hybridized carbons (Fsp3) is 0.825. The van der Waals surface area contributed by atoms with Crippen LogP contribution in [-0.4, -0.2) is 17.3 Å². The normalized spacial score (nSPS) is 12.2. The second-order valence-electron chi connectivity index (χ2n) is 15.7. The minimum atomic E-state index is -0.209. The maximum absolute atomic E-state index is 12.0. The Bertz CT molecular complexity index is 754. The van der Waals surface area contributed by atoms with Gasteiger partial charge < -0.3 is 0 Å². The van der Waals surface area contributed by atoms with E-state index in [4.69, 9.17) is 0 Å². The van der Waals surface area contributed by atoms with Crippen LogP contribution in [0.25, 0.3) is 0 Å². The third-order valence-corrected chi connectivity index (χ3v) is 7.12. The zero-order chi connectivity index (χ0) is 34.0. The number of unbranched alkanes of at least 4 members (excludes halogenated alkanes) is 8. The van der Waals surface area contributed by atoms with Gasteiger partial charge in [-0.3, -0.25) is 14.4 Å². The largest absolute Gasteiger partial charge is 0.299 e. The van der Waals surface area contributed by atoms with E-state index in [1.807, 2.05) is 39.8 Å². The molecular formula is C40H76O3. The van der Waals surface area contributed by atoms with Gasteiger partial charge in [-0.25, -0.2) is 0 Å². The van der Waals surface area contributed by atoms with Crippen LogP contribution in [0.4, 0.5) is 0 Å². The molecule has 0 radical (unpaired) electrons. The van der Waals surface area contributed by atoms with Crippen LogP contribution in [0.1, 0.15) is 193 Å². The minimum Gasteiger partial charge on any atom is -0.299 e. The Morgan fingerprint density at radius 3 is 1.44 bits per heavy atom. The Labute approximate surface area is 270 Å². The lowest BCUT2D eigenvalue weighted by molar-refractivity contribution is -0.128. The van der Waals surface area contributed by atoms with Gasteiger partial charge in [0, 0.05) is 37.0 Å². The monoisotopic (exact) mass is 605 g/mol. The van der Waals surface area contributed by atoms with Crippen LogP contribution in [-0.2, 0) is 14.4 Å². The number of hydrogen-bond donors (Lipinski definition) is 0. The quantitative estimate of drug-likeness (QED) is 0.103. The molecule has 0 rings (SSSR count). The molecule has 0 aliphatic heterocycles. The van der Waals surface area contributed by atoms with E-state index in [1.165, 1.54) is 51.4 Å². The smallest absolute Gasteiger partial charge is 0.139 e. The van der Waals surface area contributed by atoms with Gasteiger partial charge in [0.15, 0.2) is 0 Å². The van der Waals surface area contributed by atoms with Crippen molar-refractivity contribution in [3.05, 3.63) is 24.3 Å². The van der Waals surface area contributed by atoms with E-state index in [0.29, 0.717) is 36.6 Å². The second-order valence-corrected chi connectivity index (χ2v) is 15.7. The number of carbonyl (C=O) groups is 3. The van der Waals surface area contributed by atoms with Crippen molar-refractivity contribution < 1.29 is 14.4 Å². The average Bonchev–Trinajstić information content (AvgIpc) is 2.86. The van der Waals surface area contributed by atoms with Crippen LogP contribution in [0.3, 0.4) is 0 Å². The van der Waals surface area contributed by atoms with E-state index in [1.54, 1.807) is 0 Å². The number of ketones is 3. The number of rotatable bonds is 20. The molecule has 0 spiro atoms. The lowest BCUT2D eigenvalue weighted by atomic mass is 9.77. The van der Waals surface area contributed by atoms with Crippen LogP contribution in [0.15, 0.2) is 24.3 Å².